The van der Waals surface area contributed by atoms with Crippen molar-refractivity contribution in [3.8, 4) is 0 Å². The standard InChI is InChI=1S/C12H14ClN5O/c13-12-16-10(14)9-11(17-12)18(6-15-9)8-3-1-2-7(4-8)5-19/h1,3,6-8,19H,2,4-5H2,(H2,14,16,17)/t7-,8+/m1/s1. The summed E-state index contributed by atoms with van der Waals surface area (Å²) in [6, 6.07) is 0.112. The number of hydrogen-bond acceptors (Lipinski definition) is 5. The Morgan fingerprint density at radius 3 is 3.11 bits per heavy atom. The normalized spacial score (nSPS) is 23.1. The number of hydrogen-bond donors (Lipinski definition) is 2. The summed E-state index contributed by atoms with van der Waals surface area (Å²) in [7, 11) is 0. The molecule has 0 spiro atoms. The van der Waals surface area contributed by atoms with E-state index in [4.69, 9.17) is 17.3 Å². The second-order valence-electron chi connectivity index (χ2n) is 4.72. The first-order chi connectivity index (χ1) is 9.19. The molecule has 0 aliphatic heterocycles. The SMILES string of the molecule is Nc1nc(Cl)nc2c1ncn2[C@H]1C=CC[C@@H](CO)C1. The molecule has 0 saturated carbocycles. The van der Waals surface area contributed by atoms with Crippen molar-refractivity contribution < 1.29 is 5.11 Å². The number of imidazole rings is 1. The van der Waals surface area contributed by atoms with Gasteiger partial charge in [0.1, 0.15) is 5.52 Å². The molecule has 0 unspecified atom stereocenters. The lowest BCUT2D eigenvalue weighted by Gasteiger charge is -2.24. The van der Waals surface area contributed by atoms with Crippen LogP contribution in [0.4, 0.5) is 5.82 Å². The fourth-order valence-corrected chi connectivity index (χ4v) is 2.62. The van der Waals surface area contributed by atoms with Gasteiger partial charge in [-0.05, 0) is 30.4 Å². The highest BCUT2D eigenvalue weighted by Crippen LogP contribution is 2.30. The first-order valence-corrected chi connectivity index (χ1v) is 6.50. The number of nitrogens with two attached hydrogens (primary N) is 1. The zero-order valence-electron chi connectivity index (χ0n) is 10.2. The molecular weight excluding hydrogens is 266 g/mol. The number of aliphatic hydroxyl groups is 1. The highest BCUT2D eigenvalue weighted by molar-refractivity contribution is 6.28. The number of fused-ring (bicyclic) bond motifs is 1. The summed E-state index contributed by atoms with van der Waals surface area (Å²) in [4.78, 5) is 12.3. The number of allylic oxidation sites excluding steroid dienone is 2. The van der Waals surface area contributed by atoms with E-state index in [-0.39, 0.29) is 29.7 Å². The highest BCUT2D eigenvalue weighted by atomic mass is 35.5. The Kier molecular flexibility index (Phi) is 3.12. The highest BCUT2D eigenvalue weighted by Gasteiger charge is 2.21. The molecule has 0 fully saturated rings. The molecule has 3 N–H and O–H groups in total. The predicted molar refractivity (Wildman–Crippen MR) is 72.7 cm³/mol. The third-order valence-corrected chi connectivity index (χ3v) is 3.61. The van der Waals surface area contributed by atoms with Crippen LogP contribution < -0.4 is 5.73 Å². The molecule has 0 saturated heterocycles. The van der Waals surface area contributed by atoms with Crippen molar-refractivity contribution in [1.29, 1.82) is 0 Å². The lowest BCUT2D eigenvalue weighted by Crippen LogP contribution is -2.17. The summed E-state index contributed by atoms with van der Waals surface area (Å²) < 4.78 is 1.93. The van der Waals surface area contributed by atoms with Crippen LogP contribution in [-0.4, -0.2) is 31.2 Å². The van der Waals surface area contributed by atoms with Crippen molar-refractivity contribution in [3.05, 3.63) is 23.8 Å². The zero-order valence-corrected chi connectivity index (χ0v) is 11.0. The van der Waals surface area contributed by atoms with Gasteiger partial charge in [0.05, 0.1) is 12.4 Å². The average molecular weight is 280 g/mol. The molecule has 1 aliphatic carbocycles. The van der Waals surface area contributed by atoms with Gasteiger partial charge >= 0.3 is 0 Å². The molecule has 1 aliphatic rings. The van der Waals surface area contributed by atoms with E-state index in [1.807, 2.05) is 4.57 Å². The van der Waals surface area contributed by atoms with E-state index in [0.29, 0.717) is 11.2 Å². The number of anilines is 1. The fraction of sp³-hybridized carbons (Fsp3) is 0.417. The summed E-state index contributed by atoms with van der Waals surface area (Å²) >= 11 is 5.85. The number of aromatic nitrogens is 4. The van der Waals surface area contributed by atoms with Crippen LogP contribution in [-0.2, 0) is 0 Å². The number of nitrogens with zero attached hydrogens (tertiary/aromatic N) is 4. The van der Waals surface area contributed by atoms with E-state index in [1.165, 1.54) is 0 Å². The summed E-state index contributed by atoms with van der Waals surface area (Å²) in [5, 5.41) is 9.40. The number of nitrogen functional groups attached to an aromatic ring is 1. The monoisotopic (exact) mass is 279 g/mol. The minimum Gasteiger partial charge on any atom is -0.396 e. The third-order valence-electron chi connectivity index (χ3n) is 3.44. The Balaban J connectivity index is 2.06. The Hall–Kier alpha value is -1.66. The molecule has 7 heteroatoms. The maximum atomic E-state index is 9.28. The van der Waals surface area contributed by atoms with Gasteiger partial charge < -0.3 is 15.4 Å². The summed E-state index contributed by atoms with van der Waals surface area (Å²) in [6.45, 7) is 0.186. The van der Waals surface area contributed by atoms with Crippen LogP contribution in [0.2, 0.25) is 5.28 Å². The molecule has 3 rings (SSSR count). The van der Waals surface area contributed by atoms with Crippen molar-refractivity contribution >= 4 is 28.6 Å². The van der Waals surface area contributed by atoms with E-state index >= 15 is 0 Å². The van der Waals surface area contributed by atoms with Gasteiger partial charge in [-0.15, -0.1) is 0 Å². The summed E-state index contributed by atoms with van der Waals surface area (Å²) in [5.74, 6) is 0.550. The van der Waals surface area contributed by atoms with Gasteiger partial charge in [-0.25, -0.2) is 4.98 Å². The van der Waals surface area contributed by atoms with Crippen LogP contribution >= 0.6 is 11.6 Å². The second-order valence-corrected chi connectivity index (χ2v) is 5.06. The average Bonchev–Trinajstić information content (AvgIpc) is 2.82. The number of halogens is 1. The lowest BCUT2D eigenvalue weighted by molar-refractivity contribution is 0.204. The molecule has 2 aromatic rings. The van der Waals surface area contributed by atoms with E-state index in [0.717, 1.165) is 12.8 Å². The lowest BCUT2D eigenvalue weighted by atomic mass is 9.91. The maximum absolute atomic E-state index is 9.28. The van der Waals surface area contributed by atoms with Crippen LogP contribution in [0.15, 0.2) is 18.5 Å². The zero-order chi connectivity index (χ0) is 13.4. The van der Waals surface area contributed by atoms with Gasteiger partial charge in [0.15, 0.2) is 11.5 Å². The van der Waals surface area contributed by atoms with Gasteiger partial charge in [0, 0.05) is 6.61 Å². The van der Waals surface area contributed by atoms with Crippen LogP contribution in [0, 0.1) is 5.92 Å². The van der Waals surface area contributed by atoms with Gasteiger partial charge in [-0.1, -0.05) is 12.2 Å². The molecule has 2 atom stereocenters. The number of aliphatic hydroxyl groups excluding tert-OH is 1. The Bertz CT molecular complexity index is 638. The summed E-state index contributed by atoms with van der Waals surface area (Å²) in [6.07, 6.45) is 7.62. The van der Waals surface area contributed by atoms with Crippen LogP contribution in [0.25, 0.3) is 11.2 Å². The molecule has 0 aromatic carbocycles. The predicted octanol–water partition coefficient (Wildman–Crippen LogP) is 1.56. The van der Waals surface area contributed by atoms with Crippen molar-refractivity contribution in [2.75, 3.05) is 12.3 Å². The van der Waals surface area contributed by atoms with Crippen molar-refractivity contribution in [1.82, 2.24) is 19.5 Å². The first kappa shape index (κ1) is 12.4. The van der Waals surface area contributed by atoms with E-state index < -0.39 is 0 Å². The molecule has 0 radical (unpaired) electrons. The largest absolute Gasteiger partial charge is 0.396 e. The van der Waals surface area contributed by atoms with Crippen LogP contribution in [0.5, 0.6) is 0 Å². The molecule has 6 nitrogen and oxygen atoms in total. The Labute approximate surface area is 114 Å². The van der Waals surface area contributed by atoms with E-state index in [9.17, 15) is 5.11 Å². The fourth-order valence-electron chi connectivity index (χ4n) is 2.45. The minimum atomic E-state index is 0.112. The van der Waals surface area contributed by atoms with Crippen molar-refractivity contribution in [2.45, 2.75) is 18.9 Å². The molecule has 2 aromatic heterocycles. The Morgan fingerprint density at radius 2 is 2.32 bits per heavy atom. The number of rotatable bonds is 2. The topological polar surface area (TPSA) is 89.9 Å². The van der Waals surface area contributed by atoms with Gasteiger partial charge in [-0.3, -0.25) is 0 Å². The molecular formula is C12H14ClN5O. The van der Waals surface area contributed by atoms with Crippen molar-refractivity contribution in [2.24, 2.45) is 5.92 Å². The molecule has 19 heavy (non-hydrogen) atoms. The minimum absolute atomic E-state index is 0.112. The first-order valence-electron chi connectivity index (χ1n) is 6.12. The molecule has 0 amide bonds. The quantitative estimate of drug-likeness (QED) is 0.643. The van der Waals surface area contributed by atoms with Gasteiger partial charge in [-0.2, -0.15) is 9.97 Å². The van der Waals surface area contributed by atoms with Gasteiger partial charge in [0.25, 0.3) is 0 Å². The molecule has 0 bridgehead atoms. The maximum Gasteiger partial charge on any atom is 0.226 e. The smallest absolute Gasteiger partial charge is 0.226 e. The van der Waals surface area contributed by atoms with E-state index in [1.54, 1.807) is 6.33 Å². The second kappa shape index (κ2) is 4.79. The van der Waals surface area contributed by atoms with Gasteiger partial charge in [0.2, 0.25) is 5.28 Å². The van der Waals surface area contributed by atoms with Crippen LogP contribution in [0.1, 0.15) is 18.9 Å². The third kappa shape index (κ3) is 2.17. The summed E-state index contributed by atoms with van der Waals surface area (Å²) in [5.41, 5.74) is 6.97. The van der Waals surface area contributed by atoms with Crippen LogP contribution in [0.3, 0.4) is 0 Å². The Morgan fingerprint density at radius 1 is 1.47 bits per heavy atom. The molecule has 100 valence electrons. The van der Waals surface area contributed by atoms with Crippen molar-refractivity contribution in [3.63, 3.8) is 0 Å². The van der Waals surface area contributed by atoms with E-state index in [2.05, 4.69) is 27.1 Å². The molecule has 2 heterocycles.